The smallest absolute Gasteiger partial charge is 0.251 e. The number of hydrogen-bond acceptors (Lipinski definition) is 5. The molecular formula is C24H26N4O4S. The summed E-state index contributed by atoms with van der Waals surface area (Å²) in [6.45, 7) is 4.17. The normalized spacial score (nSPS) is 17.0. The van der Waals surface area contributed by atoms with Gasteiger partial charge in [-0.1, -0.05) is 29.8 Å². The van der Waals surface area contributed by atoms with Crippen molar-refractivity contribution in [3.63, 3.8) is 0 Å². The van der Waals surface area contributed by atoms with Crippen molar-refractivity contribution in [1.82, 2.24) is 14.3 Å². The number of nitrogens with one attached hydrogen (secondary N) is 2. The summed E-state index contributed by atoms with van der Waals surface area (Å²) >= 11 is 0. The summed E-state index contributed by atoms with van der Waals surface area (Å²) in [6, 6.07) is 15.2. The van der Waals surface area contributed by atoms with Crippen LogP contribution >= 0.6 is 0 Å². The standard InChI is InChI=1S/C24H26N4O4S/c1-16-8-10-21(11-9-16)33(31,32)28-12-4-6-19(15-28)24(30)26-20-7-3-5-18(14-20)23-25-17(2)13-22(29)27-23/h3,5,7-11,13-14,19H,4,6,12,15H2,1-2H3,(H,26,30)(H,25,27,29). The number of aryl methyl sites for hydroxylation is 2. The van der Waals surface area contributed by atoms with Crippen molar-refractivity contribution in [2.45, 2.75) is 31.6 Å². The Labute approximate surface area is 192 Å². The number of anilines is 1. The minimum atomic E-state index is -3.66. The van der Waals surface area contributed by atoms with Crippen molar-refractivity contribution in [2.75, 3.05) is 18.4 Å². The molecule has 4 rings (SSSR count). The zero-order valence-corrected chi connectivity index (χ0v) is 19.4. The molecule has 33 heavy (non-hydrogen) atoms. The molecule has 0 saturated carbocycles. The van der Waals surface area contributed by atoms with Crippen LogP contribution in [0.2, 0.25) is 0 Å². The van der Waals surface area contributed by atoms with Crippen molar-refractivity contribution in [3.05, 3.63) is 76.2 Å². The molecule has 1 atom stereocenters. The summed E-state index contributed by atoms with van der Waals surface area (Å²) in [4.78, 5) is 32.0. The van der Waals surface area contributed by atoms with E-state index in [9.17, 15) is 18.0 Å². The third-order valence-electron chi connectivity index (χ3n) is 5.69. The molecule has 0 spiro atoms. The summed E-state index contributed by atoms with van der Waals surface area (Å²) in [6.07, 6.45) is 1.22. The number of carbonyl (C=O) groups excluding carboxylic acids is 1. The maximum Gasteiger partial charge on any atom is 0.251 e. The van der Waals surface area contributed by atoms with Crippen LogP contribution in [0.4, 0.5) is 5.69 Å². The molecule has 1 fully saturated rings. The van der Waals surface area contributed by atoms with Crippen molar-refractivity contribution >= 4 is 21.6 Å². The topological polar surface area (TPSA) is 112 Å². The number of rotatable bonds is 5. The van der Waals surface area contributed by atoms with Crippen LogP contribution in [0.3, 0.4) is 0 Å². The van der Waals surface area contributed by atoms with E-state index in [0.29, 0.717) is 42.2 Å². The number of hydrogen-bond donors (Lipinski definition) is 2. The van der Waals surface area contributed by atoms with E-state index < -0.39 is 15.9 Å². The molecule has 9 heteroatoms. The van der Waals surface area contributed by atoms with Crippen molar-refractivity contribution < 1.29 is 13.2 Å². The number of amides is 1. The third kappa shape index (κ3) is 5.20. The van der Waals surface area contributed by atoms with Gasteiger partial charge in [-0.25, -0.2) is 13.4 Å². The summed E-state index contributed by atoms with van der Waals surface area (Å²) < 4.78 is 27.5. The average Bonchev–Trinajstić information content (AvgIpc) is 2.79. The number of benzene rings is 2. The minimum absolute atomic E-state index is 0.133. The van der Waals surface area contributed by atoms with Crippen LogP contribution in [-0.4, -0.2) is 41.7 Å². The molecule has 1 saturated heterocycles. The summed E-state index contributed by atoms with van der Waals surface area (Å²) in [7, 11) is -3.66. The molecule has 2 N–H and O–H groups in total. The average molecular weight is 467 g/mol. The molecule has 172 valence electrons. The van der Waals surface area contributed by atoms with Gasteiger partial charge in [0.2, 0.25) is 15.9 Å². The van der Waals surface area contributed by atoms with Crippen molar-refractivity contribution in [2.24, 2.45) is 5.92 Å². The lowest BCUT2D eigenvalue weighted by atomic mass is 9.98. The SMILES string of the molecule is Cc1ccc(S(=O)(=O)N2CCCC(C(=O)Nc3cccc(-c4nc(C)cc(=O)[nH]4)c3)C2)cc1. The highest BCUT2D eigenvalue weighted by atomic mass is 32.2. The maximum absolute atomic E-state index is 13.0. The lowest BCUT2D eigenvalue weighted by Gasteiger charge is -2.31. The van der Waals surface area contributed by atoms with Gasteiger partial charge in [-0.2, -0.15) is 4.31 Å². The fourth-order valence-corrected chi connectivity index (χ4v) is 5.46. The van der Waals surface area contributed by atoms with Crippen molar-refractivity contribution in [1.29, 1.82) is 0 Å². The molecule has 1 unspecified atom stereocenters. The second-order valence-electron chi connectivity index (χ2n) is 8.32. The fourth-order valence-electron chi connectivity index (χ4n) is 3.94. The molecule has 0 bridgehead atoms. The van der Waals surface area contributed by atoms with E-state index in [2.05, 4.69) is 15.3 Å². The van der Waals surface area contributed by atoms with Gasteiger partial charge in [-0.3, -0.25) is 9.59 Å². The zero-order valence-electron chi connectivity index (χ0n) is 18.5. The molecule has 0 aliphatic carbocycles. The molecule has 0 radical (unpaired) electrons. The monoisotopic (exact) mass is 466 g/mol. The molecule has 1 aliphatic rings. The molecule has 3 aromatic rings. The highest BCUT2D eigenvalue weighted by Gasteiger charge is 2.33. The lowest BCUT2D eigenvalue weighted by Crippen LogP contribution is -2.43. The Bertz CT molecular complexity index is 1330. The predicted molar refractivity (Wildman–Crippen MR) is 126 cm³/mol. The third-order valence-corrected chi connectivity index (χ3v) is 7.57. The number of carbonyl (C=O) groups is 1. The van der Waals surface area contributed by atoms with Gasteiger partial charge < -0.3 is 10.3 Å². The van der Waals surface area contributed by atoms with Crippen LogP contribution < -0.4 is 10.9 Å². The van der Waals surface area contributed by atoms with Gasteiger partial charge in [0.15, 0.2) is 0 Å². The second-order valence-corrected chi connectivity index (χ2v) is 10.3. The lowest BCUT2D eigenvalue weighted by molar-refractivity contribution is -0.120. The Morgan fingerprint density at radius 1 is 1.12 bits per heavy atom. The highest BCUT2D eigenvalue weighted by Crippen LogP contribution is 2.26. The number of aromatic amines is 1. The van der Waals surface area contributed by atoms with Crippen LogP contribution in [0.15, 0.2) is 64.3 Å². The first-order valence-corrected chi connectivity index (χ1v) is 12.2. The molecule has 2 aromatic carbocycles. The first-order valence-electron chi connectivity index (χ1n) is 10.8. The molecule has 2 heterocycles. The first kappa shape index (κ1) is 22.9. The summed E-state index contributed by atoms with van der Waals surface area (Å²) in [5, 5.41) is 2.89. The Morgan fingerprint density at radius 2 is 1.88 bits per heavy atom. The van der Waals surface area contributed by atoms with E-state index in [4.69, 9.17) is 0 Å². The molecule has 8 nitrogen and oxygen atoms in total. The minimum Gasteiger partial charge on any atom is -0.326 e. The predicted octanol–water partition coefficient (Wildman–Crippen LogP) is 3.09. The number of piperidine rings is 1. The Hall–Kier alpha value is -3.30. The molecular weight excluding hydrogens is 440 g/mol. The van der Waals surface area contributed by atoms with Gasteiger partial charge in [0.1, 0.15) is 5.82 Å². The van der Waals surface area contributed by atoms with Crippen molar-refractivity contribution in [3.8, 4) is 11.4 Å². The van der Waals surface area contributed by atoms with E-state index in [1.54, 1.807) is 55.5 Å². The summed E-state index contributed by atoms with van der Waals surface area (Å²) in [5.74, 6) is -0.273. The quantitative estimate of drug-likeness (QED) is 0.600. The van der Waals surface area contributed by atoms with E-state index in [0.717, 1.165) is 5.56 Å². The molecule has 1 aliphatic heterocycles. The van der Waals surface area contributed by atoms with Crippen LogP contribution in [0.1, 0.15) is 24.1 Å². The Morgan fingerprint density at radius 3 is 2.61 bits per heavy atom. The van der Waals surface area contributed by atoms with Crippen LogP contribution in [0.5, 0.6) is 0 Å². The van der Waals surface area contributed by atoms with Gasteiger partial charge >= 0.3 is 0 Å². The number of H-pyrrole nitrogens is 1. The zero-order chi connectivity index (χ0) is 23.6. The Balaban J connectivity index is 1.49. The fraction of sp³-hybridized carbons (Fsp3) is 0.292. The second kappa shape index (κ2) is 9.29. The molecule has 1 amide bonds. The first-order chi connectivity index (χ1) is 15.7. The molecule has 1 aromatic heterocycles. The van der Waals surface area contributed by atoms with Gasteiger partial charge in [0.25, 0.3) is 5.56 Å². The van der Waals surface area contributed by atoms with Gasteiger partial charge in [-0.05, 0) is 51.0 Å². The van der Waals surface area contributed by atoms with E-state index in [1.165, 1.54) is 10.4 Å². The largest absolute Gasteiger partial charge is 0.326 e. The number of nitrogens with zero attached hydrogens (tertiary/aromatic N) is 2. The van der Waals surface area contributed by atoms with Crippen LogP contribution in [0, 0.1) is 19.8 Å². The van der Waals surface area contributed by atoms with Gasteiger partial charge in [0.05, 0.1) is 10.8 Å². The summed E-state index contributed by atoms with van der Waals surface area (Å²) in [5.41, 5.74) is 2.56. The van der Waals surface area contributed by atoms with Crippen LogP contribution in [0.25, 0.3) is 11.4 Å². The van der Waals surface area contributed by atoms with Gasteiger partial charge in [-0.15, -0.1) is 0 Å². The van der Waals surface area contributed by atoms with E-state index >= 15 is 0 Å². The van der Waals surface area contributed by atoms with Crippen LogP contribution in [-0.2, 0) is 14.8 Å². The maximum atomic E-state index is 13.0. The number of aromatic nitrogens is 2. The van der Waals surface area contributed by atoms with E-state index in [1.807, 2.05) is 6.92 Å². The highest BCUT2D eigenvalue weighted by molar-refractivity contribution is 7.89. The van der Waals surface area contributed by atoms with Gasteiger partial charge in [0, 0.05) is 36.1 Å². The van der Waals surface area contributed by atoms with E-state index in [-0.39, 0.29) is 22.9 Å². The number of sulfonamides is 1. The Kier molecular flexibility index (Phi) is 6.44.